The fraction of sp³-hybridized carbons (Fsp3) is 0.0769. The highest BCUT2D eigenvalue weighted by molar-refractivity contribution is 7.80. The Bertz CT molecular complexity index is 581. The van der Waals surface area contributed by atoms with Crippen LogP contribution in [0.5, 0.6) is 5.75 Å². The first-order valence-electron chi connectivity index (χ1n) is 5.51. The van der Waals surface area contributed by atoms with Gasteiger partial charge in [-0.25, -0.2) is 0 Å². The van der Waals surface area contributed by atoms with Gasteiger partial charge >= 0.3 is 0 Å². The summed E-state index contributed by atoms with van der Waals surface area (Å²) in [5.41, 5.74) is 5.95. The summed E-state index contributed by atoms with van der Waals surface area (Å²) in [5, 5.41) is 2.70. The van der Waals surface area contributed by atoms with Crippen LogP contribution in [0.2, 0.25) is 0 Å². The molecule has 3 N–H and O–H groups in total. The predicted molar refractivity (Wildman–Crippen MR) is 75.4 cm³/mol. The number of hydrogen-bond donors (Lipinski definition) is 2. The number of furan rings is 1. The van der Waals surface area contributed by atoms with Crippen LogP contribution in [0.1, 0.15) is 10.6 Å². The van der Waals surface area contributed by atoms with Gasteiger partial charge < -0.3 is 20.2 Å². The van der Waals surface area contributed by atoms with Crippen molar-refractivity contribution in [1.82, 2.24) is 0 Å². The molecule has 0 aliphatic heterocycles. The van der Waals surface area contributed by atoms with Crippen LogP contribution in [0.3, 0.4) is 0 Å². The molecule has 2 aromatic rings. The van der Waals surface area contributed by atoms with Crippen molar-refractivity contribution in [1.29, 1.82) is 0 Å². The van der Waals surface area contributed by atoms with E-state index >= 15 is 0 Å². The van der Waals surface area contributed by atoms with E-state index in [1.54, 1.807) is 36.4 Å². The lowest BCUT2D eigenvalue weighted by Gasteiger charge is -2.07. The van der Waals surface area contributed by atoms with Crippen LogP contribution in [0.15, 0.2) is 47.1 Å². The Hall–Kier alpha value is -2.34. The first kappa shape index (κ1) is 13.1. The molecule has 1 amide bonds. The Morgan fingerprint density at radius 1 is 1.37 bits per heavy atom. The summed E-state index contributed by atoms with van der Waals surface area (Å²) in [6.45, 7) is 0.158. The average Bonchev–Trinajstić information content (AvgIpc) is 2.91. The van der Waals surface area contributed by atoms with Gasteiger partial charge in [0.2, 0.25) is 0 Å². The van der Waals surface area contributed by atoms with E-state index in [0.29, 0.717) is 11.4 Å². The van der Waals surface area contributed by atoms with Gasteiger partial charge in [-0.3, -0.25) is 4.79 Å². The third-order valence-electron chi connectivity index (χ3n) is 2.22. The Labute approximate surface area is 115 Å². The van der Waals surface area contributed by atoms with Crippen LogP contribution in [-0.2, 0) is 0 Å². The Morgan fingerprint density at radius 2 is 2.21 bits per heavy atom. The third kappa shape index (κ3) is 3.82. The quantitative estimate of drug-likeness (QED) is 0.819. The fourth-order valence-electron chi connectivity index (χ4n) is 1.42. The minimum atomic E-state index is -0.323. The van der Waals surface area contributed by atoms with E-state index in [-0.39, 0.29) is 23.3 Å². The van der Waals surface area contributed by atoms with Crippen molar-refractivity contribution in [3.63, 3.8) is 0 Å². The van der Waals surface area contributed by atoms with E-state index in [1.807, 2.05) is 0 Å². The average molecular weight is 276 g/mol. The molecule has 0 saturated carbocycles. The minimum Gasteiger partial charge on any atom is -0.486 e. The highest BCUT2D eigenvalue weighted by Crippen LogP contribution is 2.18. The van der Waals surface area contributed by atoms with Gasteiger partial charge in [0.1, 0.15) is 17.3 Å². The molecule has 1 aromatic heterocycles. The summed E-state index contributed by atoms with van der Waals surface area (Å²) in [6, 6.07) is 10.2. The number of hydrogen-bond acceptors (Lipinski definition) is 4. The molecule has 0 radical (unpaired) electrons. The van der Waals surface area contributed by atoms with E-state index < -0.39 is 0 Å². The number of carbonyl (C=O) groups is 1. The summed E-state index contributed by atoms with van der Waals surface area (Å²) in [5.74, 6) is 0.496. The molecule has 0 saturated heterocycles. The van der Waals surface area contributed by atoms with Crippen LogP contribution < -0.4 is 15.8 Å². The van der Waals surface area contributed by atoms with Gasteiger partial charge in [0.15, 0.2) is 5.76 Å². The van der Waals surface area contributed by atoms with E-state index in [1.165, 1.54) is 6.26 Å². The molecule has 1 aromatic carbocycles. The second-order valence-electron chi connectivity index (χ2n) is 3.71. The molecule has 0 aliphatic carbocycles. The fourth-order valence-corrected chi connectivity index (χ4v) is 1.48. The van der Waals surface area contributed by atoms with Gasteiger partial charge in [-0.15, -0.1) is 0 Å². The summed E-state index contributed by atoms with van der Waals surface area (Å²) in [6.07, 6.45) is 1.44. The molecule has 1 heterocycles. The lowest BCUT2D eigenvalue weighted by Crippen LogP contribution is -2.18. The van der Waals surface area contributed by atoms with Crippen LogP contribution >= 0.6 is 12.2 Å². The Kier molecular flexibility index (Phi) is 4.15. The molecule has 6 heteroatoms. The number of anilines is 1. The van der Waals surface area contributed by atoms with Gasteiger partial charge in [0.25, 0.3) is 5.91 Å². The zero-order valence-electron chi connectivity index (χ0n) is 9.96. The molecular weight excluding hydrogens is 264 g/mol. The number of thiocarbonyl (C=S) groups is 1. The first-order chi connectivity index (χ1) is 9.15. The van der Waals surface area contributed by atoms with Crippen LogP contribution in [0, 0.1) is 0 Å². The summed E-state index contributed by atoms with van der Waals surface area (Å²) in [7, 11) is 0. The third-order valence-corrected chi connectivity index (χ3v) is 2.34. The number of carbonyl (C=O) groups excluding carboxylic acids is 1. The Morgan fingerprint density at radius 3 is 2.89 bits per heavy atom. The van der Waals surface area contributed by atoms with E-state index in [0.717, 1.165) is 0 Å². The zero-order valence-corrected chi connectivity index (χ0v) is 10.8. The number of nitrogens with two attached hydrogens (primary N) is 1. The number of rotatable bonds is 5. The zero-order chi connectivity index (χ0) is 13.7. The van der Waals surface area contributed by atoms with Gasteiger partial charge in [-0.1, -0.05) is 18.3 Å². The first-order valence-corrected chi connectivity index (χ1v) is 5.92. The highest BCUT2D eigenvalue weighted by Gasteiger charge is 2.08. The SMILES string of the molecule is NC(=S)COc1cccc(NC(=O)c2ccco2)c1. The van der Waals surface area contributed by atoms with E-state index in [4.69, 9.17) is 27.1 Å². The maximum Gasteiger partial charge on any atom is 0.291 e. The minimum absolute atomic E-state index is 0.158. The Balaban J connectivity index is 2.02. The molecule has 5 nitrogen and oxygen atoms in total. The second-order valence-corrected chi connectivity index (χ2v) is 4.24. The van der Waals surface area contributed by atoms with Crippen molar-refractivity contribution >= 4 is 28.8 Å². The smallest absolute Gasteiger partial charge is 0.291 e. The monoisotopic (exact) mass is 276 g/mol. The lowest BCUT2D eigenvalue weighted by molar-refractivity contribution is 0.0996. The molecule has 19 heavy (non-hydrogen) atoms. The van der Waals surface area contributed by atoms with Crippen molar-refractivity contribution in [2.75, 3.05) is 11.9 Å². The maximum atomic E-state index is 11.8. The molecular formula is C13H12N2O3S. The highest BCUT2D eigenvalue weighted by atomic mass is 32.1. The second kappa shape index (κ2) is 6.01. The summed E-state index contributed by atoms with van der Waals surface area (Å²) < 4.78 is 10.3. The summed E-state index contributed by atoms with van der Waals surface area (Å²) >= 11 is 4.72. The van der Waals surface area contributed by atoms with Gasteiger partial charge in [-0.05, 0) is 24.3 Å². The van der Waals surface area contributed by atoms with Crippen LogP contribution in [0.25, 0.3) is 0 Å². The summed E-state index contributed by atoms with van der Waals surface area (Å²) in [4.78, 5) is 12.0. The molecule has 0 atom stereocenters. The molecule has 98 valence electrons. The van der Waals surface area contributed by atoms with Crippen molar-refractivity contribution in [3.05, 3.63) is 48.4 Å². The number of ether oxygens (including phenoxy) is 1. The molecule has 0 bridgehead atoms. The van der Waals surface area contributed by atoms with E-state index in [9.17, 15) is 4.79 Å². The molecule has 0 unspecified atom stereocenters. The topological polar surface area (TPSA) is 77.5 Å². The molecule has 0 spiro atoms. The van der Waals surface area contributed by atoms with Gasteiger partial charge in [0, 0.05) is 11.8 Å². The lowest BCUT2D eigenvalue weighted by atomic mass is 10.3. The number of amides is 1. The standard InChI is InChI=1S/C13H12N2O3S/c14-12(19)8-18-10-4-1-3-9(7-10)15-13(16)11-5-2-6-17-11/h1-7H,8H2,(H2,14,19)(H,15,16). The number of nitrogens with one attached hydrogen (secondary N) is 1. The van der Waals surface area contributed by atoms with Crippen LogP contribution in [-0.4, -0.2) is 17.5 Å². The van der Waals surface area contributed by atoms with Gasteiger partial charge in [0.05, 0.1) is 6.26 Å². The van der Waals surface area contributed by atoms with Crippen molar-refractivity contribution in [3.8, 4) is 5.75 Å². The van der Waals surface area contributed by atoms with Crippen molar-refractivity contribution < 1.29 is 13.9 Å². The largest absolute Gasteiger partial charge is 0.486 e. The van der Waals surface area contributed by atoms with E-state index in [2.05, 4.69) is 5.32 Å². The normalized spacial score (nSPS) is 9.89. The molecule has 0 fully saturated rings. The van der Waals surface area contributed by atoms with Crippen molar-refractivity contribution in [2.45, 2.75) is 0 Å². The molecule has 2 rings (SSSR count). The molecule has 0 aliphatic rings. The van der Waals surface area contributed by atoms with Crippen LogP contribution in [0.4, 0.5) is 5.69 Å². The van der Waals surface area contributed by atoms with Gasteiger partial charge in [-0.2, -0.15) is 0 Å². The maximum absolute atomic E-state index is 11.8. The predicted octanol–water partition coefficient (Wildman–Crippen LogP) is 2.20. The van der Waals surface area contributed by atoms with Crippen molar-refractivity contribution in [2.24, 2.45) is 5.73 Å². The number of benzene rings is 1.